The fourth-order valence-electron chi connectivity index (χ4n) is 5.51. The van der Waals surface area contributed by atoms with Crippen LogP contribution in [0.3, 0.4) is 0 Å². The Bertz CT molecular complexity index is 1560. The maximum absolute atomic E-state index is 14.4. The molecule has 1 fully saturated rings. The number of hydrogen-bond acceptors (Lipinski definition) is 10. The van der Waals surface area contributed by atoms with Gasteiger partial charge in [0.1, 0.15) is 33.6 Å². The van der Waals surface area contributed by atoms with Crippen LogP contribution in [0, 0.1) is 12.7 Å². The van der Waals surface area contributed by atoms with E-state index in [9.17, 15) is 29.0 Å². The van der Waals surface area contributed by atoms with E-state index in [1.54, 1.807) is 27.7 Å². The minimum Gasteiger partial charge on any atom is -0.496 e. The third-order valence-corrected chi connectivity index (χ3v) is 8.96. The van der Waals surface area contributed by atoms with Crippen LogP contribution in [0.1, 0.15) is 60.5 Å². The molecule has 2 aromatic heterocycles. The number of fused-ring (bicyclic) bond motifs is 1. The number of methoxy groups -OCH3 is 1. The Balaban J connectivity index is 2.00. The summed E-state index contributed by atoms with van der Waals surface area (Å²) >= 11 is 0.946. The molecule has 3 aromatic rings. The van der Waals surface area contributed by atoms with Crippen molar-refractivity contribution in [3.63, 3.8) is 0 Å². The molecule has 42 heavy (non-hydrogen) atoms. The second kappa shape index (κ2) is 13.0. The average Bonchev–Trinajstić information content (AvgIpc) is 3.61. The lowest BCUT2D eigenvalue weighted by molar-refractivity contribution is -0.0629. The largest absolute Gasteiger partial charge is 0.496 e. The van der Waals surface area contributed by atoms with Gasteiger partial charge in [-0.05, 0) is 64.3 Å². The number of aryl methyl sites for hydroxylation is 1. The number of halogens is 1. The molecule has 1 aliphatic heterocycles. The molecular weight excluding hydrogens is 569 g/mol. The number of esters is 1. The Morgan fingerprint density at radius 3 is 2.52 bits per heavy atom. The van der Waals surface area contributed by atoms with Gasteiger partial charge in [-0.1, -0.05) is 0 Å². The topological polar surface area (TPSA) is 132 Å². The van der Waals surface area contributed by atoms with Crippen LogP contribution in [-0.4, -0.2) is 76.5 Å². The van der Waals surface area contributed by atoms with Crippen molar-refractivity contribution in [3.8, 4) is 5.75 Å². The SMILES string of the molecule is CCOC(=O)c1sc2c(c1C)c(=O)n(C(C)(C)C(O)N1CCCC1)c(=O)n2C[C@H](OCCO)c1cc(F)ccc1OC. The predicted octanol–water partition coefficient (Wildman–Crippen LogP) is 2.76. The summed E-state index contributed by atoms with van der Waals surface area (Å²) < 4.78 is 33.3. The van der Waals surface area contributed by atoms with Gasteiger partial charge in [0.05, 0.1) is 44.4 Å². The molecule has 1 aliphatic rings. The molecule has 3 heterocycles. The maximum atomic E-state index is 14.4. The lowest BCUT2D eigenvalue weighted by Gasteiger charge is -2.37. The molecule has 0 saturated carbocycles. The van der Waals surface area contributed by atoms with E-state index in [1.807, 2.05) is 4.90 Å². The van der Waals surface area contributed by atoms with Crippen molar-refractivity contribution in [2.75, 3.05) is 40.0 Å². The van der Waals surface area contributed by atoms with Crippen molar-refractivity contribution in [2.24, 2.45) is 0 Å². The Morgan fingerprint density at radius 1 is 1.21 bits per heavy atom. The summed E-state index contributed by atoms with van der Waals surface area (Å²) in [5.41, 5.74) is -2.11. The molecule has 4 rings (SSSR count). The number of benzene rings is 1. The van der Waals surface area contributed by atoms with Gasteiger partial charge in [-0.15, -0.1) is 11.3 Å². The van der Waals surface area contributed by atoms with Gasteiger partial charge >= 0.3 is 11.7 Å². The van der Waals surface area contributed by atoms with Crippen LogP contribution in [0.15, 0.2) is 27.8 Å². The van der Waals surface area contributed by atoms with Gasteiger partial charge in [-0.2, -0.15) is 0 Å². The van der Waals surface area contributed by atoms with Crippen molar-refractivity contribution >= 4 is 27.5 Å². The van der Waals surface area contributed by atoms with Crippen LogP contribution in [-0.2, 0) is 21.6 Å². The van der Waals surface area contributed by atoms with Gasteiger partial charge in [0.15, 0.2) is 0 Å². The first kappa shape index (κ1) is 31.8. The lowest BCUT2D eigenvalue weighted by Crippen LogP contribution is -2.58. The van der Waals surface area contributed by atoms with Crippen LogP contribution in [0.25, 0.3) is 10.2 Å². The summed E-state index contributed by atoms with van der Waals surface area (Å²) in [5, 5.41) is 21.0. The number of aliphatic hydroxyl groups excluding tert-OH is 2. The zero-order valence-electron chi connectivity index (χ0n) is 24.5. The number of nitrogens with zero attached hydrogens (tertiary/aromatic N) is 3. The molecule has 2 atom stereocenters. The first-order valence-corrected chi connectivity index (χ1v) is 14.7. The molecule has 0 aliphatic carbocycles. The fraction of sp³-hybridized carbons (Fsp3) is 0.552. The van der Waals surface area contributed by atoms with Crippen LogP contribution in [0.4, 0.5) is 4.39 Å². The van der Waals surface area contributed by atoms with E-state index in [0.29, 0.717) is 30.0 Å². The second-order valence-corrected chi connectivity index (χ2v) is 11.7. The van der Waals surface area contributed by atoms with Crippen molar-refractivity contribution in [2.45, 2.75) is 65.0 Å². The molecule has 13 heteroatoms. The lowest BCUT2D eigenvalue weighted by atomic mass is 10.0. The molecule has 1 aromatic carbocycles. The Kier molecular flexibility index (Phi) is 9.88. The Hall–Kier alpha value is -3.10. The van der Waals surface area contributed by atoms with Gasteiger partial charge in [0.2, 0.25) is 0 Å². The van der Waals surface area contributed by atoms with Gasteiger partial charge in [0.25, 0.3) is 5.56 Å². The van der Waals surface area contributed by atoms with Crippen LogP contribution in [0.2, 0.25) is 0 Å². The van der Waals surface area contributed by atoms with Crippen LogP contribution < -0.4 is 16.0 Å². The van der Waals surface area contributed by atoms with E-state index in [-0.39, 0.29) is 41.5 Å². The number of rotatable bonds is 12. The van der Waals surface area contributed by atoms with Gasteiger partial charge in [0, 0.05) is 18.7 Å². The molecule has 0 bridgehead atoms. The third-order valence-electron chi connectivity index (χ3n) is 7.67. The zero-order valence-corrected chi connectivity index (χ0v) is 25.3. The second-order valence-electron chi connectivity index (χ2n) is 10.7. The summed E-state index contributed by atoms with van der Waals surface area (Å²) in [6.45, 7) is 7.22. The Labute approximate surface area is 246 Å². The first-order valence-electron chi connectivity index (χ1n) is 13.9. The molecule has 0 spiro atoms. The summed E-state index contributed by atoms with van der Waals surface area (Å²) in [6, 6.07) is 3.89. The van der Waals surface area contributed by atoms with Crippen molar-refractivity contribution in [1.82, 2.24) is 14.0 Å². The van der Waals surface area contributed by atoms with E-state index in [1.165, 1.54) is 29.9 Å². The predicted molar refractivity (Wildman–Crippen MR) is 156 cm³/mol. The minimum atomic E-state index is -1.37. The monoisotopic (exact) mass is 607 g/mol. The number of ether oxygens (including phenoxy) is 3. The number of aromatic nitrogens is 2. The molecule has 11 nitrogen and oxygen atoms in total. The number of likely N-dealkylation sites (tertiary alicyclic amines) is 1. The van der Waals surface area contributed by atoms with Gasteiger partial charge in [-0.25, -0.2) is 18.5 Å². The third kappa shape index (κ3) is 5.88. The van der Waals surface area contributed by atoms with Crippen LogP contribution in [0.5, 0.6) is 5.75 Å². The molecule has 0 amide bonds. The minimum absolute atomic E-state index is 0.120. The molecule has 1 saturated heterocycles. The first-order chi connectivity index (χ1) is 20.0. The molecule has 1 unspecified atom stereocenters. The van der Waals surface area contributed by atoms with Crippen LogP contribution >= 0.6 is 11.3 Å². The Morgan fingerprint density at radius 2 is 1.90 bits per heavy atom. The average molecular weight is 608 g/mol. The normalized spacial score (nSPS) is 15.7. The van der Waals surface area contributed by atoms with E-state index >= 15 is 0 Å². The van der Waals surface area contributed by atoms with E-state index in [4.69, 9.17) is 14.2 Å². The van der Waals surface area contributed by atoms with E-state index in [2.05, 4.69) is 0 Å². The molecule has 2 N–H and O–H groups in total. The number of carbonyl (C=O) groups excluding carboxylic acids is 1. The molecular formula is C29H38FN3O8S. The van der Waals surface area contributed by atoms with Crippen molar-refractivity contribution in [1.29, 1.82) is 0 Å². The molecule has 230 valence electrons. The van der Waals surface area contributed by atoms with Crippen molar-refractivity contribution in [3.05, 3.63) is 60.9 Å². The highest BCUT2D eigenvalue weighted by Gasteiger charge is 2.39. The summed E-state index contributed by atoms with van der Waals surface area (Å²) in [7, 11) is 1.42. The number of carbonyl (C=O) groups is 1. The van der Waals surface area contributed by atoms with Gasteiger partial charge < -0.3 is 24.4 Å². The smallest absolute Gasteiger partial charge is 0.348 e. The quantitative estimate of drug-likeness (QED) is 0.298. The van der Waals surface area contributed by atoms with E-state index in [0.717, 1.165) is 28.7 Å². The van der Waals surface area contributed by atoms with Gasteiger partial charge in [-0.3, -0.25) is 14.3 Å². The standard InChI is InChI=1S/C29H38FN3O8S/c1-6-40-26(36)23-17(2)22-24(35)33(29(3,4)27(37)31-11-7-8-12-31)28(38)32(25(22)42-23)16-21(41-14-13-34)19-15-18(30)9-10-20(19)39-5/h9-10,15,21,27,34,37H,6-8,11-14,16H2,1-5H3/t21-,27?/m0/s1. The summed E-state index contributed by atoms with van der Waals surface area (Å²) in [6.07, 6.45) is -0.367. The fourth-order valence-corrected chi connectivity index (χ4v) is 6.71. The highest BCUT2D eigenvalue weighted by molar-refractivity contribution is 7.20. The van der Waals surface area contributed by atoms with Crippen molar-refractivity contribution < 1.29 is 33.6 Å². The number of hydrogen-bond donors (Lipinski definition) is 2. The molecule has 0 radical (unpaired) electrons. The number of aliphatic hydroxyl groups is 2. The number of thiophene rings is 1. The zero-order chi connectivity index (χ0) is 30.8. The summed E-state index contributed by atoms with van der Waals surface area (Å²) in [5.74, 6) is -0.883. The van der Waals surface area contributed by atoms with E-state index < -0.39 is 40.9 Å². The highest BCUT2D eigenvalue weighted by atomic mass is 32.1. The summed E-state index contributed by atoms with van der Waals surface area (Å²) in [4.78, 5) is 43.5. The maximum Gasteiger partial charge on any atom is 0.348 e. The highest BCUT2D eigenvalue weighted by Crippen LogP contribution is 2.34.